The molecule has 0 fully saturated rings. The Kier molecular flexibility index (Phi) is 24.3. The van der Waals surface area contributed by atoms with Crippen molar-refractivity contribution in [1.29, 1.82) is 0 Å². The van der Waals surface area contributed by atoms with Crippen LogP contribution in [0.5, 0.6) is 0 Å². The minimum absolute atomic E-state index is 0.145. The fourth-order valence-corrected chi connectivity index (χ4v) is 1.79. The second-order valence-corrected chi connectivity index (χ2v) is 6.68. The van der Waals surface area contributed by atoms with Gasteiger partial charge in [-0.15, -0.1) is 0 Å². The first-order chi connectivity index (χ1) is 14.4. The summed E-state index contributed by atoms with van der Waals surface area (Å²) in [4.78, 5) is 40.1. The molecule has 0 heterocycles. The molecule has 0 rings (SSSR count). The van der Waals surface area contributed by atoms with Gasteiger partial charge in [0.15, 0.2) is 0 Å². The van der Waals surface area contributed by atoms with E-state index in [0.29, 0.717) is 38.6 Å². The number of aliphatic carboxylic acids is 3. The van der Waals surface area contributed by atoms with Crippen LogP contribution >= 0.6 is 0 Å². The van der Waals surface area contributed by atoms with Crippen molar-refractivity contribution in [3.63, 3.8) is 0 Å². The van der Waals surface area contributed by atoms with E-state index in [9.17, 15) is 19.2 Å². The summed E-state index contributed by atoms with van der Waals surface area (Å²) >= 11 is 0. The minimum Gasteiger partial charge on any atom is -0.480 e. The average molecular weight is 454 g/mol. The molecule has 0 amide bonds. The third kappa shape index (κ3) is 25.8. The Morgan fingerprint density at radius 3 is 1.48 bits per heavy atom. The van der Waals surface area contributed by atoms with Crippen LogP contribution in [0.4, 0.5) is 0 Å². The zero-order chi connectivity index (χ0) is 24.8. The Balaban J connectivity index is -0.000000380. The van der Waals surface area contributed by atoms with Crippen molar-refractivity contribution in [2.24, 2.45) is 28.7 Å². The number of aliphatic hydroxyl groups excluding tert-OH is 1. The summed E-state index contributed by atoms with van der Waals surface area (Å²) in [6, 6.07) is -2.43. The van der Waals surface area contributed by atoms with E-state index in [1.165, 1.54) is 0 Å². The van der Waals surface area contributed by atoms with E-state index in [1.807, 2.05) is 0 Å². The summed E-state index contributed by atoms with van der Waals surface area (Å²) in [6.45, 7) is 0.749. The van der Waals surface area contributed by atoms with Crippen LogP contribution in [0.3, 0.4) is 0 Å². The molecule has 0 aromatic carbocycles. The van der Waals surface area contributed by atoms with E-state index in [2.05, 4.69) is 0 Å². The lowest BCUT2D eigenvalue weighted by molar-refractivity contribution is -0.139. The van der Waals surface area contributed by atoms with Crippen molar-refractivity contribution in [2.75, 3.05) is 13.1 Å². The van der Waals surface area contributed by atoms with Gasteiger partial charge in [-0.25, -0.2) is 0 Å². The Morgan fingerprint density at radius 2 is 1.13 bits per heavy atom. The van der Waals surface area contributed by atoms with Crippen molar-refractivity contribution in [3.05, 3.63) is 0 Å². The molecule has 0 bridgehead atoms. The Morgan fingerprint density at radius 1 is 0.710 bits per heavy atom. The second kappa shape index (κ2) is 22.5. The lowest BCUT2D eigenvalue weighted by Crippen LogP contribution is -2.32. The zero-order valence-corrected chi connectivity index (χ0v) is 17.8. The first-order valence-corrected chi connectivity index (χ1v) is 9.91. The maximum Gasteiger partial charge on any atom is 0.320 e. The van der Waals surface area contributed by atoms with Gasteiger partial charge in [0, 0.05) is 13.0 Å². The highest BCUT2D eigenvalue weighted by Gasteiger charge is 2.13. The molecule has 0 spiro atoms. The molecule has 0 aromatic heterocycles. The lowest BCUT2D eigenvalue weighted by Gasteiger charge is -2.09. The van der Waals surface area contributed by atoms with Crippen LogP contribution in [0.2, 0.25) is 0 Å². The fraction of sp³-hybridized carbons (Fsp3) is 0.778. The van der Waals surface area contributed by atoms with Gasteiger partial charge in [-0.2, -0.15) is 0 Å². The van der Waals surface area contributed by atoms with Crippen LogP contribution in [0.25, 0.3) is 0 Å². The van der Waals surface area contributed by atoms with Crippen LogP contribution in [-0.2, 0) is 19.2 Å². The van der Waals surface area contributed by atoms with Gasteiger partial charge in [-0.3, -0.25) is 14.4 Å². The highest BCUT2D eigenvalue weighted by molar-refractivity contribution is 5.73. The summed E-state index contributed by atoms with van der Waals surface area (Å²) in [5, 5.41) is 33.8. The number of carbonyl (C=O) groups excluding carboxylic acids is 1. The molecule has 13 heteroatoms. The van der Waals surface area contributed by atoms with Crippen LogP contribution in [0.1, 0.15) is 51.4 Å². The molecular formula is C18H39N5O8. The van der Waals surface area contributed by atoms with Crippen LogP contribution in [0, 0.1) is 0 Å². The molecule has 14 N–H and O–H groups in total. The summed E-state index contributed by atoms with van der Waals surface area (Å²) in [7, 11) is 0. The first-order valence-electron chi connectivity index (χ1n) is 9.91. The van der Waals surface area contributed by atoms with Gasteiger partial charge in [0.25, 0.3) is 0 Å². The number of nitrogens with two attached hydrogens (primary N) is 5. The van der Waals surface area contributed by atoms with Crippen molar-refractivity contribution in [2.45, 2.75) is 75.6 Å². The van der Waals surface area contributed by atoms with Crippen molar-refractivity contribution in [3.8, 4) is 0 Å². The molecule has 0 saturated heterocycles. The zero-order valence-electron chi connectivity index (χ0n) is 17.8. The largest absolute Gasteiger partial charge is 0.480 e. The monoisotopic (exact) mass is 453 g/mol. The summed E-state index contributed by atoms with van der Waals surface area (Å²) < 4.78 is 0. The molecule has 0 radical (unpaired) electrons. The SMILES string of the molecule is NC(CCCC=O)C(=O)O.NCC(O)CC[C@H](N)C(=O)O.NCCCC[C@H](N)C(=O)O. The first kappa shape index (κ1) is 33.5. The number of carboxylic acid groups (broad SMARTS) is 3. The molecule has 2 unspecified atom stereocenters. The normalized spacial score (nSPS) is 13.9. The van der Waals surface area contributed by atoms with E-state index in [-0.39, 0.29) is 13.0 Å². The predicted molar refractivity (Wildman–Crippen MR) is 114 cm³/mol. The molecule has 13 nitrogen and oxygen atoms in total. The molecule has 0 aliphatic rings. The van der Waals surface area contributed by atoms with Gasteiger partial charge in [-0.1, -0.05) is 6.42 Å². The Hall–Kier alpha value is -2.16. The average Bonchev–Trinajstić information content (AvgIpc) is 2.72. The Labute approximate surface area is 181 Å². The summed E-state index contributed by atoms with van der Waals surface area (Å²) in [5.74, 6) is -2.99. The van der Waals surface area contributed by atoms with Gasteiger partial charge in [-0.05, 0) is 45.1 Å². The topological polar surface area (TPSA) is 279 Å². The van der Waals surface area contributed by atoms with Gasteiger partial charge >= 0.3 is 17.9 Å². The number of rotatable bonds is 15. The fourth-order valence-electron chi connectivity index (χ4n) is 1.79. The quantitative estimate of drug-likeness (QED) is 0.0940. The Bertz CT molecular complexity index is 496. The second-order valence-electron chi connectivity index (χ2n) is 6.68. The lowest BCUT2D eigenvalue weighted by atomic mass is 10.1. The van der Waals surface area contributed by atoms with Crippen molar-refractivity contribution < 1.29 is 39.6 Å². The summed E-state index contributed by atoms with van der Waals surface area (Å²) in [5.41, 5.74) is 25.8. The number of carbonyl (C=O) groups is 4. The maximum atomic E-state index is 10.2. The van der Waals surface area contributed by atoms with Crippen LogP contribution in [-0.4, -0.2) is 81.9 Å². The number of aldehydes is 1. The third-order valence-electron chi connectivity index (χ3n) is 3.84. The molecular weight excluding hydrogens is 414 g/mol. The van der Waals surface area contributed by atoms with E-state index in [4.69, 9.17) is 49.1 Å². The van der Waals surface area contributed by atoms with Crippen molar-refractivity contribution >= 4 is 24.2 Å². The molecule has 31 heavy (non-hydrogen) atoms. The van der Waals surface area contributed by atoms with E-state index in [1.54, 1.807) is 0 Å². The van der Waals surface area contributed by atoms with E-state index in [0.717, 1.165) is 19.1 Å². The highest BCUT2D eigenvalue weighted by atomic mass is 16.4. The summed E-state index contributed by atoms with van der Waals surface area (Å²) in [6.07, 6.45) is 4.19. The van der Waals surface area contributed by atoms with E-state index < -0.39 is 42.1 Å². The smallest absolute Gasteiger partial charge is 0.320 e. The molecule has 0 aliphatic heterocycles. The molecule has 0 aliphatic carbocycles. The predicted octanol–water partition coefficient (Wildman–Crippen LogP) is -2.21. The molecule has 0 saturated carbocycles. The minimum atomic E-state index is -1.05. The van der Waals surface area contributed by atoms with Gasteiger partial charge in [0.05, 0.1) is 6.10 Å². The van der Waals surface area contributed by atoms with Gasteiger partial charge in [0.1, 0.15) is 24.4 Å². The molecule has 4 atom stereocenters. The number of carboxylic acids is 3. The van der Waals surface area contributed by atoms with Crippen molar-refractivity contribution in [1.82, 2.24) is 0 Å². The standard InChI is InChI=1S/C6H14N2O3.C6H14N2O2.C6H11NO3/c7-3-4(9)1-2-5(8)6(10)11;7-4-2-1-3-5(8)6(9)10;7-5(6(9)10)3-1-2-4-8/h4-5,9H,1-3,7-8H2,(H,10,11);5H,1-4,7-8H2,(H,9,10);4-5H,1-3,7H2,(H,9,10)/t4?,5-;5-;/m00./s1. The number of unbranched alkanes of at least 4 members (excludes halogenated alkanes) is 2. The maximum absolute atomic E-state index is 10.2. The molecule has 0 aromatic rings. The van der Waals surface area contributed by atoms with Crippen LogP contribution < -0.4 is 28.7 Å². The molecule has 184 valence electrons. The highest BCUT2D eigenvalue weighted by Crippen LogP contribution is 1.99. The third-order valence-corrected chi connectivity index (χ3v) is 3.84. The number of hydrogen-bond donors (Lipinski definition) is 9. The number of hydrogen-bond acceptors (Lipinski definition) is 10. The number of aliphatic hydroxyl groups is 1. The van der Waals surface area contributed by atoms with Gasteiger partial charge in [0.2, 0.25) is 0 Å². The van der Waals surface area contributed by atoms with E-state index >= 15 is 0 Å². The van der Waals surface area contributed by atoms with Crippen LogP contribution in [0.15, 0.2) is 0 Å². The van der Waals surface area contributed by atoms with Gasteiger partial charge < -0.3 is 53.9 Å².